The number of rotatable bonds is 1. The number of carbonyl (C=O) groups excluding carboxylic acids is 1. The van der Waals surface area contributed by atoms with Crippen molar-refractivity contribution in [2.75, 3.05) is 19.6 Å². The Morgan fingerprint density at radius 2 is 2.12 bits per heavy atom. The van der Waals surface area contributed by atoms with Crippen LogP contribution < -0.4 is 5.32 Å². The van der Waals surface area contributed by atoms with Crippen LogP contribution in [0.1, 0.15) is 46.0 Å². The smallest absolute Gasteiger partial charge is 0.239 e. The third kappa shape index (κ3) is 2.76. The second-order valence-corrected chi connectivity index (χ2v) is 6.03. The van der Waals surface area contributed by atoms with Crippen molar-refractivity contribution in [2.24, 2.45) is 5.41 Å². The number of carbonyl (C=O) groups is 1. The maximum Gasteiger partial charge on any atom is 0.239 e. The van der Waals surface area contributed by atoms with E-state index in [1.807, 2.05) is 0 Å². The number of nitrogens with one attached hydrogen (secondary N) is 1. The van der Waals surface area contributed by atoms with E-state index in [-0.39, 0.29) is 6.04 Å². The summed E-state index contributed by atoms with van der Waals surface area (Å²) >= 11 is 0. The van der Waals surface area contributed by atoms with Crippen LogP contribution in [0, 0.1) is 5.41 Å². The molecule has 0 bridgehead atoms. The van der Waals surface area contributed by atoms with Crippen LogP contribution in [-0.2, 0) is 4.79 Å². The van der Waals surface area contributed by atoms with Crippen molar-refractivity contribution in [3.8, 4) is 0 Å². The molecule has 0 saturated carbocycles. The zero-order chi connectivity index (χ0) is 11.6. The summed E-state index contributed by atoms with van der Waals surface area (Å²) in [6.07, 6.45) is 5.84. The second kappa shape index (κ2) is 4.74. The summed E-state index contributed by atoms with van der Waals surface area (Å²) in [5.74, 6) is 0.340. The quantitative estimate of drug-likeness (QED) is 0.736. The lowest BCUT2D eigenvalue weighted by Gasteiger charge is -2.40. The molecule has 92 valence electrons. The first-order chi connectivity index (χ1) is 7.58. The van der Waals surface area contributed by atoms with Gasteiger partial charge in [-0.15, -0.1) is 0 Å². The van der Waals surface area contributed by atoms with Gasteiger partial charge in [-0.3, -0.25) is 4.79 Å². The second-order valence-electron chi connectivity index (χ2n) is 6.03. The first-order valence-electron chi connectivity index (χ1n) is 6.61. The van der Waals surface area contributed by atoms with Crippen LogP contribution in [0.25, 0.3) is 0 Å². The maximum atomic E-state index is 12.3. The largest absolute Gasteiger partial charge is 0.341 e. The molecule has 2 heterocycles. The standard InChI is InChI=1S/C13H24N2O/c1-13(2)7-5-9-15(10-13)12(16)11-6-3-4-8-14-11/h11,14H,3-10H2,1-2H3/t11-/m1/s1. The first-order valence-corrected chi connectivity index (χ1v) is 6.61. The first kappa shape index (κ1) is 11.9. The number of piperidine rings is 2. The van der Waals surface area contributed by atoms with Crippen LogP contribution in [-0.4, -0.2) is 36.5 Å². The van der Waals surface area contributed by atoms with Crippen molar-refractivity contribution in [1.29, 1.82) is 0 Å². The Balaban J connectivity index is 1.93. The molecular weight excluding hydrogens is 200 g/mol. The summed E-state index contributed by atoms with van der Waals surface area (Å²) in [5.41, 5.74) is 0.308. The van der Waals surface area contributed by atoms with Crippen molar-refractivity contribution in [1.82, 2.24) is 10.2 Å². The summed E-state index contributed by atoms with van der Waals surface area (Å²) in [4.78, 5) is 14.4. The summed E-state index contributed by atoms with van der Waals surface area (Å²) in [6, 6.07) is 0.0997. The van der Waals surface area contributed by atoms with E-state index in [4.69, 9.17) is 0 Å². The molecule has 0 aromatic carbocycles. The van der Waals surface area contributed by atoms with Gasteiger partial charge in [0.25, 0.3) is 0 Å². The summed E-state index contributed by atoms with van der Waals surface area (Å²) in [5, 5.41) is 3.35. The van der Waals surface area contributed by atoms with Crippen molar-refractivity contribution in [3.05, 3.63) is 0 Å². The third-order valence-corrected chi connectivity index (χ3v) is 3.82. The number of nitrogens with zero attached hydrogens (tertiary/aromatic N) is 1. The van der Waals surface area contributed by atoms with Crippen LogP contribution in [0.15, 0.2) is 0 Å². The van der Waals surface area contributed by atoms with E-state index in [0.717, 1.165) is 32.5 Å². The van der Waals surface area contributed by atoms with Crippen LogP contribution in [0.5, 0.6) is 0 Å². The lowest BCUT2D eigenvalue weighted by molar-refractivity contribution is -0.137. The minimum atomic E-state index is 0.0997. The van der Waals surface area contributed by atoms with E-state index in [2.05, 4.69) is 24.1 Å². The Labute approximate surface area is 98.6 Å². The Hall–Kier alpha value is -0.570. The van der Waals surface area contributed by atoms with Crippen molar-refractivity contribution in [3.63, 3.8) is 0 Å². The van der Waals surface area contributed by atoms with Gasteiger partial charge in [-0.05, 0) is 37.6 Å². The van der Waals surface area contributed by atoms with Gasteiger partial charge in [0.05, 0.1) is 6.04 Å². The van der Waals surface area contributed by atoms with E-state index in [1.165, 1.54) is 19.3 Å². The molecule has 2 saturated heterocycles. The molecule has 2 aliphatic heterocycles. The Morgan fingerprint density at radius 1 is 1.31 bits per heavy atom. The van der Waals surface area contributed by atoms with Gasteiger partial charge in [-0.2, -0.15) is 0 Å². The molecule has 16 heavy (non-hydrogen) atoms. The third-order valence-electron chi connectivity index (χ3n) is 3.82. The number of likely N-dealkylation sites (tertiary alicyclic amines) is 1. The molecule has 0 aromatic rings. The molecule has 3 nitrogen and oxygen atoms in total. The van der Waals surface area contributed by atoms with Gasteiger partial charge in [-0.1, -0.05) is 20.3 Å². The van der Waals surface area contributed by atoms with E-state index >= 15 is 0 Å². The molecule has 1 N–H and O–H groups in total. The van der Waals surface area contributed by atoms with E-state index in [9.17, 15) is 4.79 Å². The highest BCUT2D eigenvalue weighted by Gasteiger charge is 2.32. The molecule has 0 aliphatic carbocycles. The average Bonchev–Trinajstić information content (AvgIpc) is 2.28. The molecule has 1 amide bonds. The number of hydrogen-bond donors (Lipinski definition) is 1. The van der Waals surface area contributed by atoms with Crippen LogP contribution >= 0.6 is 0 Å². The van der Waals surface area contributed by atoms with Crippen LogP contribution in [0.4, 0.5) is 0 Å². The molecule has 0 unspecified atom stereocenters. The van der Waals surface area contributed by atoms with E-state index in [1.54, 1.807) is 0 Å². The minimum Gasteiger partial charge on any atom is -0.341 e. The van der Waals surface area contributed by atoms with E-state index in [0.29, 0.717) is 11.3 Å². The molecular formula is C13H24N2O. The fourth-order valence-electron chi connectivity index (χ4n) is 2.89. The highest BCUT2D eigenvalue weighted by atomic mass is 16.2. The Bertz CT molecular complexity index is 257. The Kier molecular flexibility index (Phi) is 3.53. The number of amides is 1. The SMILES string of the molecule is CC1(C)CCCN(C(=O)[C@H]2CCCCN2)C1. The van der Waals surface area contributed by atoms with Gasteiger partial charge < -0.3 is 10.2 Å². The molecule has 2 aliphatic rings. The van der Waals surface area contributed by atoms with Crippen molar-refractivity contribution < 1.29 is 4.79 Å². The topological polar surface area (TPSA) is 32.3 Å². The minimum absolute atomic E-state index is 0.0997. The fraction of sp³-hybridized carbons (Fsp3) is 0.923. The average molecular weight is 224 g/mol. The van der Waals surface area contributed by atoms with Gasteiger partial charge in [-0.25, -0.2) is 0 Å². The zero-order valence-corrected chi connectivity index (χ0v) is 10.6. The highest BCUT2D eigenvalue weighted by Crippen LogP contribution is 2.29. The van der Waals surface area contributed by atoms with Gasteiger partial charge in [0.2, 0.25) is 5.91 Å². The predicted molar refractivity (Wildman–Crippen MR) is 65.2 cm³/mol. The Morgan fingerprint density at radius 3 is 2.75 bits per heavy atom. The monoisotopic (exact) mass is 224 g/mol. The van der Waals surface area contributed by atoms with Crippen molar-refractivity contribution >= 4 is 5.91 Å². The molecule has 0 spiro atoms. The molecule has 3 heteroatoms. The van der Waals surface area contributed by atoms with Crippen LogP contribution in [0.3, 0.4) is 0 Å². The summed E-state index contributed by atoms with van der Waals surface area (Å²) in [7, 11) is 0. The summed E-state index contributed by atoms with van der Waals surface area (Å²) < 4.78 is 0. The number of hydrogen-bond acceptors (Lipinski definition) is 2. The highest BCUT2D eigenvalue weighted by molar-refractivity contribution is 5.82. The molecule has 0 aromatic heterocycles. The van der Waals surface area contributed by atoms with Gasteiger partial charge in [0.15, 0.2) is 0 Å². The predicted octanol–water partition coefficient (Wildman–Crippen LogP) is 1.78. The van der Waals surface area contributed by atoms with Gasteiger partial charge in [0.1, 0.15) is 0 Å². The van der Waals surface area contributed by atoms with E-state index < -0.39 is 0 Å². The lowest BCUT2D eigenvalue weighted by Crippen LogP contribution is -2.52. The molecule has 0 radical (unpaired) electrons. The molecule has 1 atom stereocenters. The van der Waals surface area contributed by atoms with Crippen molar-refractivity contribution in [2.45, 2.75) is 52.0 Å². The van der Waals surface area contributed by atoms with Crippen LogP contribution in [0.2, 0.25) is 0 Å². The normalized spacial score (nSPS) is 30.1. The molecule has 2 fully saturated rings. The van der Waals surface area contributed by atoms with Gasteiger partial charge in [0, 0.05) is 13.1 Å². The molecule has 2 rings (SSSR count). The summed E-state index contributed by atoms with van der Waals surface area (Å²) in [6.45, 7) is 7.43. The fourth-order valence-corrected chi connectivity index (χ4v) is 2.89. The zero-order valence-electron chi connectivity index (χ0n) is 10.6. The maximum absolute atomic E-state index is 12.3. The lowest BCUT2D eigenvalue weighted by atomic mass is 9.84. The van der Waals surface area contributed by atoms with Gasteiger partial charge >= 0.3 is 0 Å².